The van der Waals surface area contributed by atoms with Gasteiger partial charge in [-0.05, 0) is 6.42 Å². The fourth-order valence-corrected chi connectivity index (χ4v) is 1.32. The van der Waals surface area contributed by atoms with E-state index in [1.165, 1.54) is 0 Å². The van der Waals surface area contributed by atoms with Crippen LogP contribution >= 0.6 is 0 Å². The third-order valence-electron chi connectivity index (χ3n) is 2.04. The van der Waals surface area contributed by atoms with Crippen molar-refractivity contribution in [2.45, 2.75) is 33.3 Å². The zero-order valence-corrected chi connectivity index (χ0v) is 9.32. The molecule has 0 aromatic carbocycles. The van der Waals surface area contributed by atoms with Crippen molar-refractivity contribution >= 4 is 5.91 Å². The average Bonchev–Trinajstić information content (AvgIpc) is 2.22. The third-order valence-corrected chi connectivity index (χ3v) is 2.04. The Morgan fingerprint density at radius 1 is 1.57 bits per heavy atom. The van der Waals surface area contributed by atoms with Crippen LogP contribution in [0.25, 0.3) is 0 Å². The Bertz CT molecular complexity index is 159. The van der Waals surface area contributed by atoms with Crippen LogP contribution < -0.4 is 0 Å². The van der Waals surface area contributed by atoms with E-state index in [0.717, 1.165) is 0 Å². The predicted molar refractivity (Wildman–Crippen MR) is 55.0 cm³/mol. The SMILES string of the molecule is CC.CC(=O)N1CCOC(CCO)C1. The summed E-state index contributed by atoms with van der Waals surface area (Å²) in [5.41, 5.74) is 0. The molecule has 0 saturated carbocycles. The fourth-order valence-electron chi connectivity index (χ4n) is 1.32. The van der Waals surface area contributed by atoms with Gasteiger partial charge in [0.05, 0.1) is 12.7 Å². The maximum Gasteiger partial charge on any atom is 0.219 e. The van der Waals surface area contributed by atoms with Gasteiger partial charge in [0.25, 0.3) is 0 Å². The molecule has 1 saturated heterocycles. The number of hydrogen-bond acceptors (Lipinski definition) is 3. The first-order chi connectivity index (χ1) is 6.74. The van der Waals surface area contributed by atoms with E-state index in [1.54, 1.807) is 11.8 Å². The number of carbonyl (C=O) groups excluding carboxylic acids is 1. The van der Waals surface area contributed by atoms with Gasteiger partial charge in [0.1, 0.15) is 0 Å². The second kappa shape index (κ2) is 7.76. The summed E-state index contributed by atoms with van der Waals surface area (Å²) in [5, 5.41) is 8.66. The summed E-state index contributed by atoms with van der Waals surface area (Å²) in [6.45, 7) is 7.56. The lowest BCUT2D eigenvalue weighted by Crippen LogP contribution is -2.44. The van der Waals surface area contributed by atoms with Crippen LogP contribution in [0.2, 0.25) is 0 Å². The summed E-state index contributed by atoms with van der Waals surface area (Å²) in [5.74, 6) is 0.0845. The lowest BCUT2D eigenvalue weighted by Gasteiger charge is -2.31. The molecule has 1 N–H and O–H groups in total. The van der Waals surface area contributed by atoms with Crippen LogP contribution in [0.3, 0.4) is 0 Å². The lowest BCUT2D eigenvalue weighted by molar-refractivity contribution is -0.136. The van der Waals surface area contributed by atoms with Crippen LogP contribution in [0.15, 0.2) is 0 Å². The van der Waals surface area contributed by atoms with Gasteiger partial charge in [-0.2, -0.15) is 0 Å². The van der Waals surface area contributed by atoms with Crippen molar-refractivity contribution in [1.29, 1.82) is 0 Å². The molecule has 1 aliphatic rings. The molecule has 0 aliphatic carbocycles. The van der Waals surface area contributed by atoms with E-state index in [2.05, 4.69) is 0 Å². The van der Waals surface area contributed by atoms with Gasteiger partial charge in [-0.1, -0.05) is 13.8 Å². The number of nitrogens with zero attached hydrogens (tertiary/aromatic N) is 1. The molecule has 1 heterocycles. The van der Waals surface area contributed by atoms with Gasteiger partial charge in [0, 0.05) is 26.6 Å². The quantitative estimate of drug-likeness (QED) is 0.716. The molecule has 1 amide bonds. The molecular weight excluding hydrogens is 182 g/mol. The molecule has 14 heavy (non-hydrogen) atoms. The number of hydrogen-bond donors (Lipinski definition) is 1. The standard InChI is InChI=1S/C8H15NO3.C2H6/c1-7(11)9-3-5-12-8(6-9)2-4-10;1-2/h8,10H,2-6H2,1H3;1-2H3. The van der Waals surface area contributed by atoms with Gasteiger partial charge in [-0.15, -0.1) is 0 Å². The average molecular weight is 203 g/mol. The third kappa shape index (κ3) is 4.58. The molecule has 1 rings (SSSR count). The van der Waals surface area contributed by atoms with Crippen LogP contribution in [0.5, 0.6) is 0 Å². The maximum absolute atomic E-state index is 11.0. The summed E-state index contributed by atoms with van der Waals surface area (Å²) in [6, 6.07) is 0. The Kier molecular flexibility index (Phi) is 7.42. The van der Waals surface area contributed by atoms with Gasteiger partial charge in [0.2, 0.25) is 5.91 Å². The van der Waals surface area contributed by atoms with Crippen LogP contribution in [0, 0.1) is 0 Å². The Hall–Kier alpha value is -0.610. The van der Waals surface area contributed by atoms with Crippen LogP contribution in [-0.4, -0.2) is 48.3 Å². The van der Waals surface area contributed by atoms with Crippen molar-refractivity contribution in [3.05, 3.63) is 0 Å². The molecule has 1 aliphatic heterocycles. The molecule has 0 bridgehead atoms. The Morgan fingerprint density at radius 2 is 2.21 bits per heavy atom. The molecule has 4 heteroatoms. The number of amides is 1. The van der Waals surface area contributed by atoms with Crippen molar-refractivity contribution < 1.29 is 14.6 Å². The Morgan fingerprint density at radius 3 is 2.71 bits per heavy atom. The van der Waals surface area contributed by atoms with E-state index in [9.17, 15) is 4.79 Å². The Labute approximate surface area is 85.9 Å². The van der Waals surface area contributed by atoms with Gasteiger partial charge < -0.3 is 14.7 Å². The summed E-state index contributed by atoms with van der Waals surface area (Å²) in [7, 11) is 0. The van der Waals surface area contributed by atoms with Crippen molar-refractivity contribution in [2.75, 3.05) is 26.3 Å². The zero-order chi connectivity index (χ0) is 11.0. The van der Waals surface area contributed by atoms with E-state index in [4.69, 9.17) is 9.84 Å². The highest BCUT2D eigenvalue weighted by molar-refractivity contribution is 5.73. The normalized spacial score (nSPS) is 21.1. The van der Waals surface area contributed by atoms with Crippen LogP contribution in [0.1, 0.15) is 27.2 Å². The van der Waals surface area contributed by atoms with Gasteiger partial charge in [0.15, 0.2) is 0 Å². The van der Waals surface area contributed by atoms with Crippen molar-refractivity contribution in [3.63, 3.8) is 0 Å². The van der Waals surface area contributed by atoms with Crippen molar-refractivity contribution in [1.82, 2.24) is 4.90 Å². The zero-order valence-electron chi connectivity index (χ0n) is 9.32. The number of carbonyl (C=O) groups is 1. The number of rotatable bonds is 2. The molecule has 0 radical (unpaired) electrons. The molecule has 0 aromatic heterocycles. The second-order valence-electron chi connectivity index (χ2n) is 2.97. The minimum Gasteiger partial charge on any atom is -0.396 e. The molecule has 84 valence electrons. The molecule has 1 unspecified atom stereocenters. The highest BCUT2D eigenvalue weighted by atomic mass is 16.5. The molecular formula is C10H21NO3. The number of aliphatic hydroxyl groups excluding tert-OH is 1. The predicted octanol–water partition coefficient (Wildman–Crippen LogP) is 0.642. The molecule has 1 fully saturated rings. The molecule has 0 aromatic rings. The summed E-state index contributed by atoms with van der Waals surface area (Å²) in [6.07, 6.45) is 0.636. The summed E-state index contributed by atoms with van der Waals surface area (Å²) in [4.78, 5) is 12.7. The molecule has 1 atom stereocenters. The number of ether oxygens (including phenoxy) is 1. The van der Waals surface area contributed by atoms with E-state index in [0.29, 0.717) is 26.1 Å². The van der Waals surface area contributed by atoms with E-state index in [-0.39, 0.29) is 18.6 Å². The van der Waals surface area contributed by atoms with Gasteiger partial charge in [-0.25, -0.2) is 0 Å². The van der Waals surface area contributed by atoms with E-state index in [1.807, 2.05) is 13.8 Å². The Balaban J connectivity index is 0.000000791. The minimum absolute atomic E-state index is 0.0210. The van der Waals surface area contributed by atoms with E-state index < -0.39 is 0 Å². The van der Waals surface area contributed by atoms with Gasteiger partial charge >= 0.3 is 0 Å². The number of morpholine rings is 1. The monoisotopic (exact) mass is 203 g/mol. The largest absolute Gasteiger partial charge is 0.396 e. The first-order valence-electron chi connectivity index (χ1n) is 5.22. The van der Waals surface area contributed by atoms with Gasteiger partial charge in [-0.3, -0.25) is 4.79 Å². The topological polar surface area (TPSA) is 49.8 Å². The molecule has 4 nitrogen and oxygen atoms in total. The van der Waals surface area contributed by atoms with Crippen LogP contribution in [-0.2, 0) is 9.53 Å². The van der Waals surface area contributed by atoms with Crippen LogP contribution in [0.4, 0.5) is 0 Å². The fraction of sp³-hybridized carbons (Fsp3) is 0.900. The smallest absolute Gasteiger partial charge is 0.219 e. The first kappa shape index (κ1) is 13.4. The summed E-state index contributed by atoms with van der Waals surface area (Å²) < 4.78 is 5.34. The first-order valence-corrected chi connectivity index (χ1v) is 5.22. The van der Waals surface area contributed by atoms with Crippen molar-refractivity contribution in [2.24, 2.45) is 0 Å². The highest BCUT2D eigenvalue weighted by Gasteiger charge is 2.21. The minimum atomic E-state index is 0.0210. The maximum atomic E-state index is 11.0. The number of aliphatic hydroxyl groups is 1. The van der Waals surface area contributed by atoms with Crippen molar-refractivity contribution in [3.8, 4) is 0 Å². The summed E-state index contributed by atoms with van der Waals surface area (Å²) >= 11 is 0. The molecule has 0 spiro atoms. The second-order valence-corrected chi connectivity index (χ2v) is 2.97. The lowest BCUT2D eigenvalue weighted by atomic mass is 10.2. The highest BCUT2D eigenvalue weighted by Crippen LogP contribution is 2.07. The van der Waals surface area contributed by atoms with E-state index >= 15 is 0 Å².